The average molecular weight is 225 g/mol. The number of primary amides is 1. The van der Waals surface area contributed by atoms with E-state index in [2.05, 4.69) is 4.98 Å². The van der Waals surface area contributed by atoms with Crippen LogP contribution in [0.4, 0.5) is 0 Å². The SMILES string of the molecule is COc1cc(Cl)c2[nH]c(C(N)=O)cc2c1. The van der Waals surface area contributed by atoms with E-state index < -0.39 is 5.91 Å². The summed E-state index contributed by atoms with van der Waals surface area (Å²) < 4.78 is 5.06. The number of hydrogen-bond donors (Lipinski definition) is 2. The molecule has 0 radical (unpaired) electrons. The number of carbonyl (C=O) groups excluding carboxylic acids is 1. The highest BCUT2D eigenvalue weighted by molar-refractivity contribution is 6.35. The van der Waals surface area contributed by atoms with Gasteiger partial charge in [-0.3, -0.25) is 4.79 Å². The quantitative estimate of drug-likeness (QED) is 0.819. The fraction of sp³-hybridized carbons (Fsp3) is 0.100. The molecule has 0 aliphatic carbocycles. The Kier molecular flexibility index (Phi) is 2.28. The van der Waals surface area contributed by atoms with Gasteiger partial charge in [0.1, 0.15) is 11.4 Å². The van der Waals surface area contributed by atoms with Crippen LogP contribution < -0.4 is 10.5 Å². The van der Waals surface area contributed by atoms with E-state index in [-0.39, 0.29) is 0 Å². The number of halogens is 1. The molecule has 0 aliphatic heterocycles. The number of amides is 1. The number of aromatic amines is 1. The maximum atomic E-state index is 11.0. The lowest BCUT2D eigenvalue weighted by Gasteiger charge is -2.00. The molecule has 4 nitrogen and oxygen atoms in total. The number of methoxy groups -OCH3 is 1. The van der Waals surface area contributed by atoms with Gasteiger partial charge in [0.05, 0.1) is 17.6 Å². The maximum absolute atomic E-state index is 11.0. The Morgan fingerprint density at radius 2 is 2.20 bits per heavy atom. The number of nitrogens with one attached hydrogen (secondary N) is 1. The number of hydrogen-bond acceptors (Lipinski definition) is 2. The maximum Gasteiger partial charge on any atom is 0.265 e. The Bertz CT molecular complexity index is 533. The Hall–Kier alpha value is -1.68. The normalized spacial score (nSPS) is 10.5. The van der Waals surface area contributed by atoms with Crippen LogP contribution in [0.5, 0.6) is 5.75 Å². The van der Waals surface area contributed by atoms with Gasteiger partial charge in [-0.05, 0) is 12.1 Å². The summed E-state index contributed by atoms with van der Waals surface area (Å²) in [5, 5.41) is 1.30. The van der Waals surface area contributed by atoms with Gasteiger partial charge in [0.15, 0.2) is 0 Å². The zero-order chi connectivity index (χ0) is 11.0. The van der Waals surface area contributed by atoms with Gasteiger partial charge in [0, 0.05) is 11.5 Å². The molecule has 0 bridgehead atoms. The summed E-state index contributed by atoms with van der Waals surface area (Å²) in [6, 6.07) is 5.10. The first-order chi connectivity index (χ1) is 7.11. The van der Waals surface area contributed by atoms with Crippen LogP contribution in [0.3, 0.4) is 0 Å². The van der Waals surface area contributed by atoms with Crippen molar-refractivity contribution in [2.75, 3.05) is 7.11 Å². The summed E-state index contributed by atoms with van der Waals surface area (Å²) in [7, 11) is 1.55. The highest BCUT2D eigenvalue weighted by Gasteiger charge is 2.09. The van der Waals surface area contributed by atoms with Crippen LogP contribution in [0.25, 0.3) is 10.9 Å². The van der Waals surface area contributed by atoms with Crippen molar-refractivity contribution in [1.82, 2.24) is 4.98 Å². The summed E-state index contributed by atoms with van der Waals surface area (Å²) in [5.41, 5.74) is 6.17. The third kappa shape index (κ3) is 1.64. The molecule has 0 atom stereocenters. The van der Waals surface area contributed by atoms with Crippen LogP contribution in [0.2, 0.25) is 5.02 Å². The number of H-pyrrole nitrogens is 1. The lowest BCUT2D eigenvalue weighted by Crippen LogP contribution is -2.10. The fourth-order valence-corrected chi connectivity index (χ4v) is 1.69. The molecule has 0 aliphatic rings. The molecule has 0 spiro atoms. The van der Waals surface area contributed by atoms with Gasteiger partial charge in [0.2, 0.25) is 0 Å². The van der Waals surface area contributed by atoms with Crippen LogP contribution in [-0.2, 0) is 0 Å². The van der Waals surface area contributed by atoms with Gasteiger partial charge in [-0.2, -0.15) is 0 Å². The molecule has 1 amide bonds. The van der Waals surface area contributed by atoms with Crippen molar-refractivity contribution in [2.24, 2.45) is 5.73 Å². The minimum absolute atomic E-state index is 0.333. The molecule has 0 saturated heterocycles. The molecule has 1 aromatic carbocycles. The Morgan fingerprint density at radius 3 is 2.80 bits per heavy atom. The predicted molar refractivity (Wildman–Crippen MR) is 58.4 cm³/mol. The molecular formula is C10H9ClN2O2. The summed E-state index contributed by atoms with van der Waals surface area (Å²) >= 11 is 6.00. The second-order valence-electron chi connectivity index (χ2n) is 3.12. The molecule has 2 aromatic rings. The van der Waals surface area contributed by atoms with Crippen molar-refractivity contribution >= 4 is 28.4 Å². The number of ether oxygens (including phenoxy) is 1. The van der Waals surface area contributed by atoms with Crippen LogP contribution in [-0.4, -0.2) is 18.0 Å². The van der Waals surface area contributed by atoms with E-state index in [9.17, 15) is 4.79 Å². The largest absolute Gasteiger partial charge is 0.497 e. The van der Waals surface area contributed by atoms with Gasteiger partial charge in [-0.1, -0.05) is 11.6 Å². The Labute approximate surface area is 91.0 Å². The molecule has 0 saturated carbocycles. The van der Waals surface area contributed by atoms with Crippen LogP contribution in [0, 0.1) is 0 Å². The topological polar surface area (TPSA) is 68.1 Å². The number of aromatic nitrogens is 1. The number of nitrogens with two attached hydrogens (primary N) is 1. The summed E-state index contributed by atoms with van der Waals surface area (Å²) in [5.74, 6) is 0.128. The van der Waals surface area contributed by atoms with E-state index in [1.807, 2.05) is 0 Å². The minimum Gasteiger partial charge on any atom is -0.497 e. The van der Waals surface area contributed by atoms with E-state index in [1.54, 1.807) is 25.3 Å². The minimum atomic E-state index is -0.513. The third-order valence-electron chi connectivity index (χ3n) is 2.15. The zero-order valence-corrected chi connectivity index (χ0v) is 8.76. The van der Waals surface area contributed by atoms with E-state index in [4.69, 9.17) is 22.1 Å². The van der Waals surface area contributed by atoms with Crippen molar-refractivity contribution in [3.63, 3.8) is 0 Å². The number of benzene rings is 1. The number of fused-ring (bicyclic) bond motifs is 1. The van der Waals surface area contributed by atoms with Gasteiger partial charge < -0.3 is 15.5 Å². The first kappa shape index (κ1) is 9.86. The smallest absolute Gasteiger partial charge is 0.265 e. The lowest BCUT2D eigenvalue weighted by atomic mass is 10.2. The lowest BCUT2D eigenvalue weighted by molar-refractivity contribution is 0.0996. The molecule has 15 heavy (non-hydrogen) atoms. The molecule has 0 fully saturated rings. The van der Waals surface area contributed by atoms with E-state index >= 15 is 0 Å². The van der Waals surface area contributed by atoms with Gasteiger partial charge in [-0.15, -0.1) is 0 Å². The van der Waals surface area contributed by atoms with Crippen molar-refractivity contribution in [2.45, 2.75) is 0 Å². The standard InChI is InChI=1S/C10H9ClN2O2/c1-15-6-2-5-3-8(10(12)14)13-9(5)7(11)4-6/h2-4,13H,1H3,(H2,12,14). The molecule has 0 unspecified atom stereocenters. The van der Waals surface area contributed by atoms with Gasteiger partial charge in [0.25, 0.3) is 5.91 Å². The zero-order valence-electron chi connectivity index (χ0n) is 8.00. The molecule has 5 heteroatoms. The molecular weight excluding hydrogens is 216 g/mol. The third-order valence-corrected chi connectivity index (χ3v) is 2.45. The van der Waals surface area contributed by atoms with Crippen molar-refractivity contribution in [3.05, 3.63) is 28.9 Å². The van der Waals surface area contributed by atoms with Crippen molar-refractivity contribution < 1.29 is 9.53 Å². The highest BCUT2D eigenvalue weighted by atomic mass is 35.5. The van der Waals surface area contributed by atoms with Crippen molar-refractivity contribution in [3.8, 4) is 5.75 Å². The average Bonchev–Trinajstić information content (AvgIpc) is 2.61. The van der Waals surface area contributed by atoms with Crippen LogP contribution >= 0.6 is 11.6 Å². The molecule has 2 rings (SSSR count). The molecule has 3 N–H and O–H groups in total. The van der Waals surface area contributed by atoms with E-state index in [0.29, 0.717) is 22.0 Å². The summed E-state index contributed by atoms with van der Waals surface area (Å²) in [6.45, 7) is 0. The second kappa shape index (κ2) is 3.47. The van der Waals surface area contributed by atoms with Crippen LogP contribution in [0.1, 0.15) is 10.5 Å². The van der Waals surface area contributed by atoms with Crippen molar-refractivity contribution in [1.29, 1.82) is 0 Å². The Balaban J connectivity index is 2.69. The first-order valence-electron chi connectivity index (χ1n) is 4.28. The molecule has 1 aromatic heterocycles. The first-order valence-corrected chi connectivity index (χ1v) is 4.65. The number of rotatable bonds is 2. The fourth-order valence-electron chi connectivity index (χ4n) is 1.42. The molecule has 78 valence electrons. The van der Waals surface area contributed by atoms with Gasteiger partial charge in [-0.25, -0.2) is 0 Å². The summed E-state index contributed by atoms with van der Waals surface area (Å²) in [6.07, 6.45) is 0. The highest BCUT2D eigenvalue weighted by Crippen LogP contribution is 2.29. The van der Waals surface area contributed by atoms with E-state index in [1.165, 1.54) is 0 Å². The van der Waals surface area contributed by atoms with Crippen LogP contribution in [0.15, 0.2) is 18.2 Å². The Morgan fingerprint density at radius 1 is 1.47 bits per heavy atom. The van der Waals surface area contributed by atoms with E-state index in [0.717, 1.165) is 5.39 Å². The van der Waals surface area contributed by atoms with Gasteiger partial charge >= 0.3 is 0 Å². The summed E-state index contributed by atoms with van der Waals surface area (Å²) in [4.78, 5) is 13.8. The number of carbonyl (C=O) groups is 1. The monoisotopic (exact) mass is 224 g/mol. The molecule has 1 heterocycles. The predicted octanol–water partition coefficient (Wildman–Crippen LogP) is 1.93. The second-order valence-corrected chi connectivity index (χ2v) is 3.53.